The van der Waals surface area contributed by atoms with Crippen LogP contribution in [0.1, 0.15) is 34.1 Å². The molecule has 19 heavy (non-hydrogen) atoms. The fourth-order valence-corrected chi connectivity index (χ4v) is 1.96. The van der Waals surface area contributed by atoms with Crippen molar-refractivity contribution in [3.63, 3.8) is 0 Å². The summed E-state index contributed by atoms with van der Waals surface area (Å²) in [6, 6.07) is 10.6. The summed E-state index contributed by atoms with van der Waals surface area (Å²) in [5.41, 5.74) is 6.98. The molecule has 0 spiro atoms. The van der Waals surface area contributed by atoms with E-state index in [1.165, 1.54) is 6.42 Å². The molecule has 110 valence electrons. The fraction of sp³-hybridized carbons (Fsp3) is 0.625. The number of likely N-dealkylation sites (N-methyl/N-ethyl adjacent to an activating group) is 1. The smallest absolute Gasteiger partial charge is 0.0510 e. The number of benzene rings is 1. The second-order valence-corrected chi connectivity index (χ2v) is 4.34. The molecule has 0 heterocycles. The molecular formula is C16H31N3. The monoisotopic (exact) mass is 265 g/mol. The molecule has 0 amide bonds. The first-order valence-electron chi connectivity index (χ1n) is 7.54. The Morgan fingerprint density at radius 3 is 2.26 bits per heavy atom. The fourth-order valence-electron chi connectivity index (χ4n) is 1.96. The molecule has 0 aliphatic heterocycles. The first kappa shape index (κ1) is 17.9. The van der Waals surface area contributed by atoms with Crippen molar-refractivity contribution in [1.29, 1.82) is 0 Å². The van der Waals surface area contributed by atoms with Crippen molar-refractivity contribution in [2.45, 2.75) is 40.2 Å². The zero-order chi connectivity index (χ0) is 14.5. The van der Waals surface area contributed by atoms with Crippen molar-refractivity contribution in [3.05, 3.63) is 30.3 Å². The molecular weight excluding hydrogens is 234 g/mol. The van der Waals surface area contributed by atoms with E-state index in [4.69, 9.17) is 5.73 Å². The van der Waals surface area contributed by atoms with Gasteiger partial charge in [0, 0.05) is 18.8 Å². The number of hydrogen-bond donors (Lipinski definition) is 2. The molecule has 1 aromatic carbocycles. The van der Waals surface area contributed by atoms with Crippen LogP contribution >= 0.6 is 0 Å². The third-order valence-electron chi connectivity index (χ3n) is 2.89. The van der Waals surface area contributed by atoms with Crippen LogP contribution in [0.15, 0.2) is 30.3 Å². The van der Waals surface area contributed by atoms with Gasteiger partial charge in [0.25, 0.3) is 0 Å². The Hall–Kier alpha value is -1.06. The van der Waals surface area contributed by atoms with E-state index >= 15 is 0 Å². The average Bonchev–Trinajstić information content (AvgIpc) is 2.49. The van der Waals surface area contributed by atoms with Crippen LogP contribution in [0.2, 0.25) is 0 Å². The predicted molar refractivity (Wildman–Crippen MR) is 86.7 cm³/mol. The summed E-state index contributed by atoms with van der Waals surface area (Å²) in [6.07, 6.45) is 1.19. The maximum absolute atomic E-state index is 5.83. The van der Waals surface area contributed by atoms with Crippen molar-refractivity contribution in [3.8, 4) is 0 Å². The standard InChI is InChI=1S/C14H25N3.C2H6/c1-3-10-17(4-2)12-14(11-15)16-13-8-6-5-7-9-13;1-2/h5-9,14,16H,3-4,10-12,15H2,1-2H3;1-2H3. The number of para-hydroxylation sites is 1. The van der Waals surface area contributed by atoms with E-state index < -0.39 is 0 Å². The molecule has 0 bridgehead atoms. The number of nitrogens with one attached hydrogen (secondary N) is 1. The van der Waals surface area contributed by atoms with Crippen molar-refractivity contribution in [1.82, 2.24) is 4.90 Å². The molecule has 0 aliphatic carbocycles. The highest BCUT2D eigenvalue weighted by atomic mass is 15.1. The highest BCUT2D eigenvalue weighted by molar-refractivity contribution is 5.43. The summed E-state index contributed by atoms with van der Waals surface area (Å²) in [4.78, 5) is 2.44. The largest absolute Gasteiger partial charge is 0.380 e. The van der Waals surface area contributed by atoms with Gasteiger partial charge in [-0.3, -0.25) is 0 Å². The third kappa shape index (κ3) is 7.85. The number of nitrogens with zero attached hydrogens (tertiary/aromatic N) is 1. The summed E-state index contributed by atoms with van der Waals surface area (Å²) in [7, 11) is 0. The summed E-state index contributed by atoms with van der Waals surface area (Å²) < 4.78 is 0. The Morgan fingerprint density at radius 1 is 1.16 bits per heavy atom. The van der Waals surface area contributed by atoms with Crippen LogP contribution < -0.4 is 11.1 Å². The van der Waals surface area contributed by atoms with Gasteiger partial charge >= 0.3 is 0 Å². The van der Waals surface area contributed by atoms with Crippen LogP contribution in [-0.4, -0.2) is 37.1 Å². The minimum atomic E-state index is 0.323. The van der Waals surface area contributed by atoms with E-state index in [1.807, 2.05) is 32.0 Å². The molecule has 0 fully saturated rings. The maximum Gasteiger partial charge on any atom is 0.0510 e. The van der Waals surface area contributed by atoms with Gasteiger partial charge in [-0.15, -0.1) is 0 Å². The quantitative estimate of drug-likeness (QED) is 0.758. The molecule has 0 aliphatic rings. The van der Waals surface area contributed by atoms with Gasteiger partial charge in [0.05, 0.1) is 6.04 Å². The molecule has 1 atom stereocenters. The van der Waals surface area contributed by atoms with E-state index in [1.54, 1.807) is 0 Å². The van der Waals surface area contributed by atoms with Crippen molar-refractivity contribution in [2.24, 2.45) is 5.73 Å². The molecule has 1 unspecified atom stereocenters. The third-order valence-corrected chi connectivity index (χ3v) is 2.89. The van der Waals surface area contributed by atoms with Gasteiger partial charge in [0.1, 0.15) is 0 Å². The zero-order valence-corrected chi connectivity index (χ0v) is 13.0. The van der Waals surface area contributed by atoms with Gasteiger partial charge < -0.3 is 16.0 Å². The Balaban J connectivity index is 0.00000154. The minimum absolute atomic E-state index is 0.323. The van der Waals surface area contributed by atoms with Crippen molar-refractivity contribution in [2.75, 3.05) is 31.5 Å². The Labute approximate surface area is 119 Å². The maximum atomic E-state index is 5.83. The van der Waals surface area contributed by atoms with Gasteiger partial charge in [-0.1, -0.05) is 45.9 Å². The minimum Gasteiger partial charge on any atom is -0.380 e. The summed E-state index contributed by atoms with van der Waals surface area (Å²) in [5, 5.41) is 3.49. The van der Waals surface area contributed by atoms with Crippen LogP contribution in [0.5, 0.6) is 0 Å². The lowest BCUT2D eigenvalue weighted by Crippen LogP contribution is -2.41. The Kier molecular flexibility index (Phi) is 11.3. The molecule has 0 saturated carbocycles. The number of hydrogen-bond acceptors (Lipinski definition) is 3. The first-order valence-corrected chi connectivity index (χ1v) is 7.54. The topological polar surface area (TPSA) is 41.3 Å². The average molecular weight is 265 g/mol. The van der Waals surface area contributed by atoms with Crippen LogP contribution in [0.3, 0.4) is 0 Å². The van der Waals surface area contributed by atoms with Crippen molar-refractivity contribution < 1.29 is 0 Å². The molecule has 3 nitrogen and oxygen atoms in total. The number of nitrogens with two attached hydrogens (primary N) is 1. The lowest BCUT2D eigenvalue weighted by molar-refractivity contribution is 0.277. The highest BCUT2D eigenvalue weighted by Crippen LogP contribution is 2.07. The van der Waals surface area contributed by atoms with E-state index in [0.717, 1.165) is 25.3 Å². The molecule has 0 radical (unpaired) electrons. The van der Waals surface area contributed by atoms with Gasteiger partial charge in [0.2, 0.25) is 0 Å². The van der Waals surface area contributed by atoms with Gasteiger partial charge in [-0.2, -0.15) is 0 Å². The molecule has 0 aromatic heterocycles. The van der Waals surface area contributed by atoms with Crippen LogP contribution in [0.25, 0.3) is 0 Å². The van der Waals surface area contributed by atoms with Gasteiger partial charge in [0.15, 0.2) is 0 Å². The zero-order valence-electron chi connectivity index (χ0n) is 13.0. The van der Waals surface area contributed by atoms with E-state index in [-0.39, 0.29) is 0 Å². The normalized spacial score (nSPS) is 11.7. The second-order valence-electron chi connectivity index (χ2n) is 4.34. The SMILES string of the molecule is CC.CCCN(CC)CC(CN)Nc1ccccc1. The number of rotatable bonds is 8. The highest BCUT2D eigenvalue weighted by Gasteiger charge is 2.10. The van der Waals surface area contributed by atoms with E-state index in [9.17, 15) is 0 Å². The first-order chi connectivity index (χ1) is 9.30. The summed E-state index contributed by atoms with van der Waals surface area (Å²) >= 11 is 0. The molecule has 1 rings (SSSR count). The lowest BCUT2D eigenvalue weighted by Gasteiger charge is -2.26. The molecule has 3 heteroatoms. The van der Waals surface area contributed by atoms with Crippen molar-refractivity contribution >= 4 is 5.69 Å². The van der Waals surface area contributed by atoms with Crippen LogP contribution in [0, 0.1) is 0 Å². The second kappa shape index (κ2) is 12.0. The summed E-state index contributed by atoms with van der Waals surface area (Å²) in [6.45, 7) is 12.3. The van der Waals surface area contributed by atoms with Crippen LogP contribution in [-0.2, 0) is 0 Å². The van der Waals surface area contributed by atoms with Gasteiger partial charge in [-0.25, -0.2) is 0 Å². The molecule has 1 aromatic rings. The van der Waals surface area contributed by atoms with E-state index in [0.29, 0.717) is 12.6 Å². The lowest BCUT2D eigenvalue weighted by atomic mass is 10.2. The van der Waals surface area contributed by atoms with E-state index in [2.05, 4.69) is 36.2 Å². The molecule has 3 N–H and O–H groups in total. The molecule has 0 saturated heterocycles. The Morgan fingerprint density at radius 2 is 1.79 bits per heavy atom. The van der Waals surface area contributed by atoms with Gasteiger partial charge in [-0.05, 0) is 31.6 Å². The van der Waals surface area contributed by atoms with Crippen LogP contribution in [0.4, 0.5) is 5.69 Å². The predicted octanol–water partition coefficient (Wildman–Crippen LogP) is 3.18. The Bertz CT molecular complexity index is 287. The number of anilines is 1. The summed E-state index contributed by atoms with van der Waals surface area (Å²) in [5.74, 6) is 0.